The molecule has 22 heavy (non-hydrogen) atoms. The van der Waals surface area contributed by atoms with Crippen molar-refractivity contribution in [3.8, 4) is 11.5 Å². The maximum absolute atomic E-state index is 4.71. The number of imidazole rings is 1. The summed E-state index contributed by atoms with van der Waals surface area (Å²) in [5.74, 6) is 0.903. The molecular formula is C15H18N6S. The van der Waals surface area contributed by atoms with Crippen LogP contribution in [0.25, 0.3) is 11.5 Å². The van der Waals surface area contributed by atoms with Crippen molar-refractivity contribution in [1.82, 2.24) is 29.6 Å². The fourth-order valence-corrected chi connectivity index (χ4v) is 3.54. The molecule has 1 atom stereocenters. The third-order valence-electron chi connectivity index (χ3n) is 4.05. The molecule has 0 unspecified atom stereocenters. The van der Waals surface area contributed by atoms with Gasteiger partial charge in [-0.1, -0.05) is 0 Å². The van der Waals surface area contributed by atoms with E-state index < -0.39 is 0 Å². The molecule has 1 aliphatic rings. The minimum Gasteiger partial charge on any atom is -0.321 e. The van der Waals surface area contributed by atoms with Crippen molar-refractivity contribution in [2.45, 2.75) is 33.0 Å². The van der Waals surface area contributed by atoms with Crippen LogP contribution in [0.4, 0.5) is 0 Å². The lowest BCUT2D eigenvalue weighted by molar-refractivity contribution is 0.476. The normalized spacial score (nSPS) is 15.7. The Morgan fingerprint density at radius 1 is 1.41 bits per heavy atom. The largest absolute Gasteiger partial charge is 0.321 e. The van der Waals surface area contributed by atoms with E-state index in [4.69, 9.17) is 5.10 Å². The van der Waals surface area contributed by atoms with Gasteiger partial charge in [-0.3, -0.25) is 4.68 Å². The molecule has 114 valence electrons. The average molecular weight is 314 g/mol. The van der Waals surface area contributed by atoms with E-state index in [-0.39, 0.29) is 6.04 Å². The molecule has 1 aliphatic heterocycles. The Kier molecular flexibility index (Phi) is 3.31. The smallest absolute Gasteiger partial charge is 0.161 e. The van der Waals surface area contributed by atoms with Gasteiger partial charge in [0, 0.05) is 30.9 Å². The van der Waals surface area contributed by atoms with E-state index >= 15 is 0 Å². The van der Waals surface area contributed by atoms with E-state index in [0.717, 1.165) is 41.9 Å². The zero-order valence-electron chi connectivity index (χ0n) is 12.7. The predicted molar refractivity (Wildman–Crippen MR) is 85.8 cm³/mol. The Balaban J connectivity index is 1.72. The minimum atomic E-state index is 0.152. The summed E-state index contributed by atoms with van der Waals surface area (Å²) in [6.07, 6.45) is 3.84. The number of fused-ring (bicyclic) bond motifs is 1. The van der Waals surface area contributed by atoms with Crippen LogP contribution in [0.3, 0.4) is 0 Å². The molecule has 6 nitrogen and oxygen atoms in total. The lowest BCUT2D eigenvalue weighted by Gasteiger charge is -2.14. The van der Waals surface area contributed by atoms with Crippen LogP contribution in [0.2, 0.25) is 0 Å². The van der Waals surface area contributed by atoms with Crippen LogP contribution in [0.1, 0.15) is 29.4 Å². The Labute approximate surface area is 132 Å². The number of aryl methyl sites for hydroxylation is 1. The average Bonchev–Trinajstić information content (AvgIpc) is 3.24. The van der Waals surface area contributed by atoms with E-state index in [2.05, 4.69) is 42.9 Å². The maximum atomic E-state index is 4.71. The number of nitrogens with one attached hydrogen (secondary N) is 1. The Morgan fingerprint density at radius 3 is 3.09 bits per heavy atom. The predicted octanol–water partition coefficient (Wildman–Crippen LogP) is 2.22. The maximum Gasteiger partial charge on any atom is 0.161 e. The van der Waals surface area contributed by atoms with Crippen molar-refractivity contribution in [3.05, 3.63) is 40.2 Å². The highest BCUT2D eigenvalue weighted by Gasteiger charge is 2.19. The Bertz CT molecular complexity index is 775. The second kappa shape index (κ2) is 5.33. The first-order chi connectivity index (χ1) is 10.7. The summed E-state index contributed by atoms with van der Waals surface area (Å²) in [4.78, 5) is 9.13. The van der Waals surface area contributed by atoms with Crippen molar-refractivity contribution < 1.29 is 0 Å². The second-order valence-electron chi connectivity index (χ2n) is 5.55. The molecule has 0 saturated carbocycles. The first-order valence-corrected chi connectivity index (χ1v) is 8.33. The van der Waals surface area contributed by atoms with E-state index in [0.29, 0.717) is 0 Å². The van der Waals surface area contributed by atoms with Crippen molar-refractivity contribution in [3.63, 3.8) is 0 Å². The molecule has 0 saturated heterocycles. The lowest BCUT2D eigenvalue weighted by Crippen LogP contribution is -2.28. The molecule has 0 aromatic carbocycles. The van der Waals surface area contributed by atoms with Crippen LogP contribution in [-0.2, 0) is 13.1 Å². The van der Waals surface area contributed by atoms with Crippen LogP contribution >= 0.6 is 11.3 Å². The fraction of sp³-hybridized carbons (Fsp3) is 0.400. The summed E-state index contributed by atoms with van der Waals surface area (Å²) >= 11 is 1.68. The van der Waals surface area contributed by atoms with Crippen molar-refractivity contribution in [2.24, 2.45) is 0 Å². The first kappa shape index (κ1) is 13.7. The van der Waals surface area contributed by atoms with Crippen LogP contribution < -0.4 is 5.32 Å². The van der Waals surface area contributed by atoms with Gasteiger partial charge in [-0.25, -0.2) is 9.97 Å². The van der Waals surface area contributed by atoms with Crippen LogP contribution in [0.15, 0.2) is 23.8 Å². The Hall–Kier alpha value is -1.99. The minimum absolute atomic E-state index is 0.152. The summed E-state index contributed by atoms with van der Waals surface area (Å²) in [5, 5.41) is 11.3. The molecule has 3 aromatic heterocycles. The van der Waals surface area contributed by atoms with Crippen molar-refractivity contribution in [1.29, 1.82) is 0 Å². The summed E-state index contributed by atoms with van der Waals surface area (Å²) in [6, 6.07) is 2.28. The summed E-state index contributed by atoms with van der Waals surface area (Å²) in [5.41, 5.74) is 3.22. The van der Waals surface area contributed by atoms with Gasteiger partial charge in [-0.05, 0) is 19.9 Å². The molecular weight excluding hydrogens is 296 g/mol. The fourth-order valence-electron chi connectivity index (χ4n) is 2.84. The molecule has 0 radical (unpaired) electrons. The Morgan fingerprint density at radius 2 is 2.32 bits per heavy atom. The quantitative estimate of drug-likeness (QED) is 0.805. The molecule has 7 heteroatoms. The molecule has 0 spiro atoms. The second-order valence-corrected chi connectivity index (χ2v) is 6.61. The highest BCUT2D eigenvalue weighted by molar-refractivity contribution is 7.09. The molecule has 0 bridgehead atoms. The zero-order valence-corrected chi connectivity index (χ0v) is 13.5. The van der Waals surface area contributed by atoms with Crippen LogP contribution in [0.5, 0.6) is 0 Å². The molecule has 0 fully saturated rings. The van der Waals surface area contributed by atoms with Crippen LogP contribution in [0, 0.1) is 6.92 Å². The highest BCUT2D eigenvalue weighted by atomic mass is 32.1. The monoisotopic (exact) mass is 314 g/mol. The van der Waals surface area contributed by atoms with Gasteiger partial charge < -0.3 is 9.88 Å². The highest BCUT2D eigenvalue weighted by Crippen LogP contribution is 2.26. The standard InChI is InChI=1S/C15H18N6S/c1-10(14-9-22-11(2)18-14)20-5-4-17-15(20)13-7-12-8-16-3-6-21(12)19-13/h4-5,7,9-10,16H,3,6,8H2,1-2H3/t10-/m1/s1. The van der Waals surface area contributed by atoms with Gasteiger partial charge in [-0.2, -0.15) is 5.10 Å². The number of aromatic nitrogens is 5. The molecule has 4 heterocycles. The molecule has 1 N–H and O–H groups in total. The molecule has 0 aliphatic carbocycles. The van der Waals surface area contributed by atoms with E-state index in [1.165, 1.54) is 5.69 Å². The number of hydrogen-bond donors (Lipinski definition) is 1. The van der Waals surface area contributed by atoms with E-state index in [1.54, 1.807) is 11.3 Å². The first-order valence-electron chi connectivity index (χ1n) is 7.45. The van der Waals surface area contributed by atoms with Crippen molar-refractivity contribution >= 4 is 11.3 Å². The van der Waals surface area contributed by atoms with Crippen molar-refractivity contribution in [2.75, 3.05) is 6.54 Å². The summed E-state index contributed by atoms with van der Waals surface area (Å²) in [7, 11) is 0. The van der Waals surface area contributed by atoms with E-state index in [1.807, 2.05) is 19.3 Å². The summed E-state index contributed by atoms with van der Waals surface area (Å²) < 4.78 is 4.22. The lowest BCUT2D eigenvalue weighted by atomic mass is 10.2. The SMILES string of the molecule is Cc1nc([C@@H](C)n2ccnc2-c2cc3n(n2)CCNC3)cs1. The topological polar surface area (TPSA) is 60.6 Å². The number of thiazole rings is 1. The van der Waals surface area contributed by atoms with Crippen LogP contribution in [-0.4, -0.2) is 30.9 Å². The number of hydrogen-bond acceptors (Lipinski definition) is 5. The van der Waals surface area contributed by atoms with Gasteiger partial charge in [0.15, 0.2) is 5.82 Å². The van der Waals surface area contributed by atoms with Gasteiger partial charge in [-0.15, -0.1) is 11.3 Å². The van der Waals surface area contributed by atoms with Gasteiger partial charge in [0.1, 0.15) is 5.69 Å². The third kappa shape index (κ3) is 2.26. The zero-order chi connectivity index (χ0) is 15.1. The molecule has 0 amide bonds. The number of nitrogens with zero attached hydrogens (tertiary/aromatic N) is 5. The third-order valence-corrected chi connectivity index (χ3v) is 4.84. The van der Waals surface area contributed by atoms with Gasteiger partial charge >= 0.3 is 0 Å². The van der Waals surface area contributed by atoms with Gasteiger partial charge in [0.25, 0.3) is 0 Å². The summed E-state index contributed by atoms with van der Waals surface area (Å²) in [6.45, 7) is 6.94. The molecule has 3 aromatic rings. The molecule has 4 rings (SSSR count). The van der Waals surface area contributed by atoms with Gasteiger partial charge in [0.05, 0.1) is 29.0 Å². The van der Waals surface area contributed by atoms with E-state index in [9.17, 15) is 0 Å². The van der Waals surface area contributed by atoms with Gasteiger partial charge in [0.2, 0.25) is 0 Å². The number of rotatable bonds is 3.